The lowest BCUT2D eigenvalue weighted by molar-refractivity contribution is 0.461. The predicted octanol–water partition coefficient (Wildman–Crippen LogP) is 13.6. The van der Waals surface area contributed by atoms with Gasteiger partial charge in [-0.05, 0) is 140 Å². The van der Waals surface area contributed by atoms with Gasteiger partial charge in [0.15, 0.2) is 0 Å². The molecule has 5 aromatic carbocycles. The molecule has 0 aliphatic heterocycles. The van der Waals surface area contributed by atoms with E-state index in [2.05, 4.69) is 66.6 Å². The number of nitrogens with one attached hydrogen (secondary N) is 3. The van der Waals surface area contributed by atoms with Crippen molar-refractivity contribution in [1.29, 1.82) is 21.0 Å². The lowest BCUT2D eigenvalue weighted by atomic mass is 10.1. The highest BCUT2D eigenvalue weighted by molar-refractivity contribution is 7.54. The Hall–Kier alpha value is -8.10. The second kappa shape index (κ2) is 23.8. The summed E-state index contributed by atoms with van der Waals surface area (Å²) in [4.78, 5) is 21.6. The molecule has 4 heterocycles. The minimum absolute atomic E-state index is 0. The third kappa shape index (κ3) is 12.9. The van der Waals surface area contributed by atoms with Crippen LogP contribution in [0.4, 0.5) is 23.3 Å². The number of nitriles is 4. The molecule has 3 N–H and O–H groups in total. The Balaban J connectivity index is 0.000000215. The van der Waals surface area contributed by atoms with Crippen LogP contribution in [0.15, 0.2) is 128 Å². The fourth-order valence-corrected chi connectivity index (χ4v) is 7.18. The average molecular weight is 1000 g/mol. The molecular weight excluding hydrogens is 958 g/mol. The minimum atomic E-state index is -1.72. The second-order valence-corrected chi connectivity index (χ2v) is 21.7. The van der Waals surface area contributed by atoms with Crippen LogP contribution >= 0.6 is 30.1 Å². The molecule has 0 atom stereocenters. The number of H-pyrrole nitrogens is 1. The highest BCUT2D eigenvalue weighted by atomic mass is 35.8. The fraction of sp³-hybridized carbons (Fsp3) is 0.115. The summed E-state index contributed by atoms with van der Waals surface area (Å²) in [6.07, 6.45) is 3.75. The Morgan fingerprint density at radius 2 is 1.01 bits per heavy atom. The molecule has 0 fully saturated rings. The zero-order valence-electron chi connectivity index (χ0n) is 37.4. The summed E-state index contributed by atoms with van der Waals surface area (Å²) >= 11 is -1.72. The molecule has 4 aromatic heterocycles. The predicted molar refractivity (Wildman–Crippen MR) is 277 cm³/mol. The topological polar surface area (TPSA) is 210 Å². The van der Waals surface area contributed by atoms with Gasteiger partial charge < -0.3 is 29.7 Å². The van der Waals surface area contributed by atoms with Crippen molar-refractivity contribution in [2.45, 2.75) is 41.7 Å². The molecule has 0 unspecified atom stereocenters. The summed E-state index contributed by atoms with van der Waals surface area (Å²) in [6, 6.07) is 43.8. The molecule has 0 amide bonds. The van der Waals surface area contributed by atoms with Gasteiger partial charge in [-0.1, -0.05) is 37.8 Å². The summed E-state index contributed by atoms with van der Waals surface area (Å²) in [5.74, 6) is 2.88. The van der Waals surface area contributed by atoms with Crippen molar-refractivity contribution in [2.75, 3.05) is 10.6 Å². The van der Waals surface area contributed by atoms with Crippen molar-refractivity contribution >= 4 is 86.9 Å². The van der Waals surface area contributed by atoms with Crippen LogP contribution in [0.5, 0.6) is 23.3 Å². The molecule has 346 valence electrons. The van der Waals surface area contributed by atoms with Crippen molar-refractivity contribution < 1.29 is 9.47 Å². The lowest BCUT2D eigenvalue weighted by Crippen LogP contribution is -2.04. The maximum Gasteiger partial charge on any atom is 0.643 e. The van der Waals surface area contributed by atoms with Gasteiger partial charge in [-0.3, -0.25) is 0 Å². The molecule has 0 aliphatic rings. The zero-order valence-corrected chi connectivity index (χ0v) is 40.8. The summed E-state index contributed by atoms with van der Waals surface area (Å²) in [5, 5.41) is 44.4. The molecule has 0 aliphatic carbocycles. The van der Waals surface area contributed by atoms with E-state index in [1.165, 1.54) is 0 Å². The van der Waals surface area contributed by atoms with E-state index in [1.54, 1.807) is 66.9 Å². The Morgan fingerprint density at radius 3 is 1.47 bits per heavy atom. The molecule has 0 spiro atoms. The van der Waals surface area contributed by atoms with Gasteiger partial charge in [0, 0.05) is 30.3 Å². The Morgan fingerprint density at radius 1 is 0.571 bits per heavy atom. The van der Waals surface area contributed by atoms with Gasteiger partial charge in [0.1, 0.15) is 22.8 Å². The molecule has 0 saturated carbocycles. The van der Waals surface area contributed by atoms with Crippen LogP contribution in [0.2, 0.25) is 0 Å². The average Bonchev–Trinajstić information content (AvgIpc) is 3.99. The van der Waals surface area contributed by atoms with Gasteiger partial charge in [0.25, 0.3) is 0 Å². The third-order valence-electron chi connectivity index (χ3n) is 10.3. The van der Waals surface area contributed by atoms with Crippen molar-refractivity contribution in [1.82, 2.24) is 29.5 Å². The van der Waals surface area contributed by atoms with E-state index in [0.717, 1.165) is 55.6 Å². The Bertz CT molecular complexity index is 3420. The Kier molecular flexibility index (Phi) is 17.4. The first-order valence-electron chi connectivity index (χ1n) is 21.0. The quantitative estimate of drug-likeness (QED) is 0.109. The number of fused-ring (bicyclic) bond motifs is 2. The van der Waals surface area contributed by atoms with Crippen LogP contribution in [0.3, 0.4) is 0 Å². The second-order valence-electron chi connectivity index (χ2n) is 15.3. The number of aromatic nitrogens is 6. The fourth-order valence-electron chi connectivity index (χ4n) is 7.18. The van der Waals surface area contributed by atoms with E-state index in [0.29, 0.717) is 69.6 Å². The largest absolute Gasteiger partial charge is 0.643 e. The van der Waals surface area contributed by atoms with Crippen LogP contribution < -0.4 is 20.1 Å². The molecule has 9 rings (SSSR count). The van der Waals surface area contributed by atoms with E-state index < -0.39 is 11.4 Å². The SMILES string of the molecule is C.Cc1cc(C#N)cc(C)c1Oc1nc(Nc2ccc(C#N)cc2)nc2[nH]ccc12.Cc1cc(C#N)cc(C)c1Oc1nc(Nc2ccc(C#N)cc2)nc2c1ccn2Cc1ccccc1.[Cl][Al]([Cl])[Cl]. The van der Waals surface area contributed by atoms with Crippen LogP contribution in [0.1, 0.15) is 57.5 Å². The number of halogens is 3. The number of aryl methyl sites for hydroxylation is 4. The highest BCUT2D eigenvalue weighted by Crippen LogP contribution is 2.36. The van der Waals surface area contributed by atoms with E-state index in [9.17, 15) is 5.26 Å². The zero-order chi connectivity index (χ0) is 49.0. The summed E-state index contributed by atoms with van der Waals surface area (Å²) in [5.41, 5.74) is 9.75. The van der Waals surface area contributed by atoms with E-state index in [1.807, 2.05) is 76.4 Å². The van der Waals surface area contributed by atoms with E-state index in [-0.39, 0.29) is 7.43 Å². The number of ether oxygens (including phenoxy) is 2. The first-order valence-corrected chi connectivity index (χ1v) is 26.2. The first kappa shape index (κ1) is 51.3. The molecule has 0 bridgehead atoms. The maximum absolute atomic E-state index is 9.30. The van der Waals surface area contributed by atoms with E-state index >= 15 is 0 Å². The molecule has 14 nitrogen and oxygen atoms in total. The smallest absolute Gasteiger partial charge is 0.438 e. The van der Waals surface area contributed by atoms with Crippen molar-refractivity contribution in [3.8, 4) is 47.5 Å². The monoisotopic (exact) mass is 998 g/mol. The third-order valence-corrected chi connectivity index (χ3v) is 10.3. The molecule has 70 heavy (non-hydrogen) atoms. The van der Waals surface area contributed by atoms with Crippen molar-refractivity contribution in [3.05, 3.63) is 178 Å². The number of anilines is 4. The van der Waals surface area contributed by atoms with Crippen LogP contribution in [0, 0.1) is 73.0 Å². The van der Waals surface area contributed by atoms with Crippen LogP contribution in [0.25, 0.3) is 22.1 Å². The van der Waals surface area contributed by atoms with Gasteiger partial charge in [-0.2, -0.15) is 41.0 Å². The van der Waals surface area contributed by atoms with Gasteiger partial charge in [0.2, 0.25) is 23.7 Å². The van der Waals surface area contributed by atoms with Gasteiger partial charge in [-0.15, -0.1) is 0 Å². The molecular formula is C52H42AlCl3N12O2. The van der Waals surface area contributed by atoms with Crippen LogP contribution in [-0.4, -0.2) is 40.9 Å². The van der Waals surface area contributed by atoms with Gasteiger partial charge in [-0.25, -0.2) is 30.1 Å². The molecule has 0 radical (unpaired) electrons. The van der Waals surface area contributed by atoms with Gasteiger partial charge in [0.05, 0.1) is 57.3 Å². The maximum atomic E-state index is 9.30. The van der Waals surface area contributed by atoms with Crippen molar-refractivity contribution in [2.24, 2.45) is 0 Å². The van der Waals surface area contributed by atoms with E-state index in [4.69, 9.17) is 65.4 Å². The standard InChI is InChI=1S/C29H22N6O.C22H16N6O.CH4.Al.3ClH/c1-19-14-23(17-31)15-20(2)26(19)36-28-25-12-13-35(18-22-6-4-3-5-7-22)27(25)33-29(34-28)32-24-10-8-21(16-30)9-11-24;1-13-9-16(12-24)10-14(2)19(13)29-21-18-7-8-25-20(18)27-22(28-21)26-17-5-3-15(11-23)4-6-17;;;;;/h3-15H,18H2,1-2H3,(H,32,33,34);3-10H,1-2H3,(H2,25,26,27,28);1H4;;3*1H/q;;;+3;;;/p-3. The number of hydrogen-bond donors (Lipinski definition) is 3. The Labute approximate surface area is 421 Å². The highest BCUT2D eigenvalue weighted by Gasteiger charge is 2.18. The normalized spacial score (nSPS) is 10.1. The molecule has 0 saturated heterocycles. The minimum Gasteiger partial charge on any atom is -0.438 e. The number of hydrogen-bond acceptors (Lipinski definition) is 12. The lowest BCUT2D eigenvalue weighted by Gasteiger charge is -2.14. The molecule has 9 aromatic rings. The number of benzene rings is 5. The summed E-state index contributed by atoms with van der Waals surface area (Å²) < 4.78 is 14.6. The van der Waals surface area contributed by atoms with Crippen LogP contribution in [-0.2, 0) is 6.54 Å². The summed E-state index contributed by atoms with van der Waals surface area (Å²) in [7, 11) is 14.8. The van der Waals surface area contributed by atoms with Gasteiger partial charge >= 0.3 is 11.4 Å². The number of aromatic amines is 1. The summed E-state index contributed by atoms with van der Waals surface area (Å²) in [6.45, 7) is 8.27. The number of nitrogens with zero attached hydrogens (tertiary/aromatic N) is 9. The molecule has 18 heteroatoms. The van der Waals surface area contributed by atoms with Crippen molar-refractivity contribution in [3.63, 3.8) is 0 Å². The first-order chi connectivity index (χ1) is 33.3. The number of rotatable bonds is 10.